The van der Waals surface area contributed by atoms with Crippen molar-refractivity contribution in [1.82, 2.24) is 9.62 Å². The van der Waals surface area contributed by atoms with Crippen LogP contribution in [0, 0.1) is 12.8 Å². The molecule has 2 aromatic rings. The highest BCUT2D eigenvalue weighted by molar-refractivity contribution is 7.89. The smallest absolute Gasteiger partial charge is 0.417 e. The molecule has 33 heavy (non-hydrogen) atoms. The Balaban J connectivity index is 1.68. The van der Waals surface area contributed by atoms with E-state index in [0.29, 0.717) is 5.75 Å². The van der Waals surface area contributed by atoms with E-state index in [2.05, 4.69) is 5.32 Å². The Kier molecular flexibility index (Phi) is 7.38. The van der Waals surface area contributed by atoms with E-state index in [1.54, 1.807) is 7.11 Å². The van der Waals surface area contributed by atoms with Gasteiger partial charge < -0.3 is 10.1 Å². The molecule has 0 spiro atoms. The van der Waals surface area contributed by atoms with Crippen LogP contribution in [-0.2, 0) is 21.0 Å². The van der Waals surface area contributed by atoms with E-state index in [4.69, 9.17) is 4.74 Å². The normalized spacial score (nSPS) is 16.9. The van der Waals surface area contributed by atoms with Crippen LogP contribution >= 0.6 is 0 Å². The van der Waals surface area contributed by atoms with Gasteiger partial charge in [-0.05, 0) is 44.9 Å². The number of sulfonamides is 1. The number of piperidine rings is 1. The number of ether oxygens (including phenoxy) is 1. The van der Waals surface area contributed by atoms with Gasteiger partial charge in [0.2, 0.25) is 15.9 Å². The summed E-state index contributed by atoms with van der Waals surface area (Å²) in [6, 6.07) is 9.48. The second kappa shape index (κ2) is 9.72. The van der Waals surface area contributed by atoms with E-state index < -0.39 is 32.6 Å². The van der Waals surface area contributed by atoms with Gasteiger partial charge in [0.05, 0.1) is 23.6 Å². The Morgan fingerprint density at radius 2 is 1.79 bits per heavy atom. The van der Waals surface area contributed by atoms with E-state index in [0.717, 1.165) is 33.6 Å². The van der Waals surface area contributed by atoms with Gasteiger partial charge in [-0.15, -0.1) is 0 Å². The van der Waals surface area contributed by atoms with Gasteiger partial charge in [-0.25, -0.2) is 8.42 Å². The van der Waals surface area contributed by atoms with Crippen molar-refractivity contribution >= 4 is 15.9 Å². The quantitative estimate of drug-likeness (QED) is 0.664. The summed E-state index contributed by atoms with van der Waals surface area (Å²) >= 11 is 0. The minimum atomic E-state index is -4.78. The lowest BCUT2D eigenvalue weighted by Crippen LogP contribution is -2.43. The van der Waals surface area contributed by atoms with Crippen molar-refractivity contribution in [2.24, 2.45) is 5.92 Å². The second-order valence-corrected chi connectivity index (χ2v) is 10.1. The monoisotopic (exact) mass is 484 g/mol. The molecule has 0 saturated carbocycles. The van der Waals surface area contributed by atoms with Crippen molar-refractivity contribution in [1.29, 1.82) is 0 Å². The maximum absolute atomic E-state index is 13.3. The zero-order valence-corrected chi connectivity index (χ0v) is 19.5. The molecule has 1 heterocycles. The van der Waals surface area contributed by atoms with Gasteiger partial charge in [0.1, 0.15) is 5.75 Å². The second-order valence-electron chi connectivity index (χ2n) is 8.15. The van der Waals surface area contributed by atoms with Crippen molar-refractivity contribution < 1.29 is 31.1 Å². The summed E-state index contributed by atoms with van der Waals surface area (Å²) in [4.78, 5) is 12.0. The Bertz CT molecular complexity index is 1110. The zero-order valence-electron chi connectivity index (χ0n) is 18.6. The maximum atomic E-state index is 13.3. The third-order valence-corrected chi connectivity index (χ3v) is 7.80. The molecule has 1 aliphatic rings. The molecular weight excluding hydrogens is 457 g/mol. The standard InChI is InChI=1S/C23H27F3N2O4S/c1-15-8-9-20(32-3)18(14-15)16(2)27-22(29)17-10-12-28(13-11-17)33(30,31)21-7-5-4-6-19(21)23(24,25)26/h4-9,14,16-17H,10-13H2,1-3H3,(H,27,29). The number of hydrogen-bond donors (Lipinski definition) is 1. The summed E-state index contributed by atoms with van der Waals surface area (Å²) in [7, 11) is -2.79. The molecule has 1 N–H and O–H groups in total. The first-order chi connectivity index (χ1) is 15.4. The topological polar surface area (TPSA) is 75.7 Å². The number of benzene rings is 2. The molecule has 1 atom stereocenters. The zero-order chi connectivity index (χ0) is 24.4. The summed E-state index contributed by atoms with van der Waals surface area (Å²) in [6.07, 6.45) is -4.34. The molecule has 0 aromatic heterocycles. The van der Waals surface area contributed by atoms with Crippen molar-refractivity contribution in [3.8, 4) is 5.75 Å². The maximum Gasteiger partial charge on any atom is 0.417 e. The van der Waals surface area contributed by atoms with Crippen LogP contribution in [0.3, 0.4) is 0 Å². The third kappa shape index (κ3) is 5.50. The fourth-order valence-electron chi connectivity index (χ4n) is 4.02. The molecule has 0 radical (unpaired) electrons. The molecule has 0 bridgehead atoms. The fraction of sp³-hybridized carbons (Fsp3) is 0.435. The molecule has 1 aliphatic heterocycles. The van der Waals surface area contributed by atoms with E-state index in [9.17, 15) is 26.4 Å². The van der Waals surface area contributed by atoms with E-state index in [1.807, 2.05) is 32.0 Å². The van der Waals surface area contributed by atoms with Gasteiger partial charge in [-0.2, -0.15) is 17.5 Å². The first-order valence-corrected chi connectivity index (χ1v) is 12.0. The Morgan fingerprint density at radius 3 is 2.39 bits per heavy atom. The number of methoxy groups -OCH3 is 1. The molecular formula is C23H27F3N2O4S. The summed E-state index contributed by atoms with van der Waals surface area (Å²) in [5.41, 5.74) is 0.657. The molecule has 1 fully saturated rings. The minimum Gasteiger partial charge on any atom is -0.496 e. The highest BCUT2D eigenvalue weighted by Gasteiger charge is 2.40. The summed E-state index contributed by atoms with van der Waals surface area (Å²) in [5.74, 6) is -0.0102. The number of hydrogen-bond acceptors (Lipinski definition) is 4. The minimum absolute atomic E-state index is 0.0330. The van der Waals surface area contributed by atoms with Gasteiger partial charge >= 0.3 is 6.18 Å². The van der Waals surface area contributed by atoms with Gasteiger partial charge in [0, 0.05) is 24.6 Å². The number of nitrogens with zero attached hydrogens (tertiary/aromatic N) is 1. The predicted octanol–water partition coefficient (Wildman–Crippen LogP) is 4.30. The molecule has 180 valence electrons. The number of aryl methyl sites for hydroxylation is 1. The largest absolute Gasteiger partial charge is 0.496 e. The lowest BCUT2D eigenvalue weighted by molar-refractivity contribution is -0.139. The van der Waals surface area contributed by atoms with Crippen LogP contribution in [0.25, 0.3) is 0 Å². The number of carbonyl (C=O) groups excluding carboxylic acids is 1. The van der Waals surface area contributed by atoms with Gasteiger partial charge in [0.25, 0.3) is 0 Å². The predicted molar refractivity (Wildman–Crippen MR) is 117 cm³/mol. The van der Waals surface area contributed by atoms with Gasteiger partial charge in [-0.3, -0.25) is 4.79 Å². The van der Waals surface area contributed by atoms with E-state index >= 15 is 0 Å². The van der Waals surface area contributed by atoms with Crippen LogP contribution in [0.15, 0.2) is 47.4 Å². The first-order valence-electron chi connectivity index (χ1n) is 10.6. The summed E-state index contributed by atoms with van der Waals surface area (Å²) in [6.45, 7) is 3.71. The number of alkyl halides is 3. The van der Waals surface area contributed by atoms with Crippen LogP contribution < -0.4 is 10.1 Å². The first kappa shape index (κ1) is 25.0. The third-order valence-electron chi connectivity index (χ3n) is 5.85. The molecule has 6 nitrogen and oxygen atoms in total. The molecule has 1 saturated heterocycles. The van der Waals surface area contributed by atoms with Crippen molar-refractivity contribution in [2.45, 2.75) is 43.8 Å². The van der Waals surface area contributed by atoms with Crippen molar-refractivity contribution in [3.63, 3.8) is 0 Å². The number of amides is 1. The number of nitrogens with one attached hydrogen (secondary N) is 1. The highest BCUT2D eigenvalue weighted by atomic mass is 32.2. The van der Waals surface area contributed by atoms with Crippen molar-refractivity contribution in [3.05, 3.63) is 59.2 Å². The number of halogens is 3. The van der Waals surface area contributed by atoms with E-state index in [-0.39, 0.29) is 37.9 Å². The Labute approximate surface area is 191 Å². The van der Waals surface area contributed by atoms with Gasteiger partial charge in [-0.1, -0.05) is 29.8 Å². The van der Waals surface area contributed by atoms with E-state index in [1.165, 1.54) is 6.07 Å². The van der Waals surface area contributed by atoms with Crippen LogP contribution in [0.2, 0.25) is 0 Å². The lowest BCUT2D eigenvalue weighted by Gasteiger charge is -2.32. The molecule has 1 amide bonds. The molecule has 10 heteroatoms. The average molecular weight is 485 g/mol. The molecule has 0 aliphatic carbocycles. The van der Waals surface area contributed by atoms with Crippen molar-refractivity contribution in [2.75, 3.05) is 20.2 Å². The molecule has 1 unspecified atom stereocenters. The Morgan fingerprint density at radius 1 is 1.15 bits per heavy atom. The van der Waals surface area contributed by atoms with Crippen LogP contribution in [0.5, 0.6) is 5.75 Å². The average Bonchev–Trinajstić information content (AvgIpc) is 2.78. The van der Waals surface area contributed by atoms with Crippen LogP contribution in [-0.4, -0.2) is 38.8 Å². The lowest BCUT2D eigenvalue weighted by atomic mass is 9.96. The SMILES string of the molecule is COc1ccc(C)cc1C(C)NC(=O)C1CCN(S(=O)(=O)c2ccccc2C(F)(F)F)CC1. The Hall–Kier alpha value is -2.59. The summed E-state index contributed by atoms with van der Waals surface area (Å²) in [5, 5.41) is 2.95. The van der Waals surface area contributed by atoms with Crippen LogP contribution in [0.4, 0.5) is 13.2 Å². The molecule has 3 rings (SSSR count). The highest BCUT2D eigenvalue weighted by Crippen LogP contribution is 2.36. The number of carbonyl (C=O) groups is 1. The van der Waals surface area contributed by atoms with Crippen LogP contribution in [0.1, 0.15) is 42.5 Å². The molecule has 2 aromatic carbocycles. The fourth-order valence-corrected chi connectivity index (χ4v) is 5.71. The number of rotatable bonds is 6. The van der Waals surface area contributed by atoms with Gasteiger partial charge in [0.15, 0.2) is 0 Å². The summed E-state index contributed by atoms with van der Waals surface area (Å²) < 4.78 is 72.1.